The Hall–Kier alpha value is -1.36. The second-order valence-corrected chi connectivity index (χ2v) is 3.18. The first kappa shape index (κ1) is 10.7. The molecule has 5 nitrogen and oxygen atoms in total. The van der Waals surface area contributed by atoms with Crippen molar-refractivity contribution < 1.29 is 19.4 Å². The largest absolute Gasteiger partial charge is 0.456 e. The SMILES string of the molecule is CC(=O)N[C@@H]1[C@@H](OC(C)=O)C=C[C@@H]1O. The molecular formula is C9H13NO4. The van der Waals surface area contributed by atoms with E-state index in [-0.39, 0.29) is 5.91 Å². The summed E-state index contributed by atoms with van der Waals surface area (Å²) >= 11 is 0. The third kappa shape index (κ3) is 2.56. The van der Waals surface area contributed by atoms with Gasteiger partial charge in [0.1, 0.15) is 6.10 Å². The molecule has 0 spiro atoms. The van der Waals surface area contributed by atoms with E-state index in [9.17, 15) is 14.7 Å². The van der Waals surface area contributed by atoms with E-state index in [0.717, 1.165) is 0 Å². The summed E-state index contributed by atoms with van der Waals surface area (Å²) in [7, 11) is 0. The predicted molar refractivity (Wildman–Crippen MR) is 48.3 cm³/mol. The lowest BCUT2D eigenvalue weighted by atomic mass is 10.1. The van der Waals surface area contributed by atoms with Crippen LogP contribution < -0.4 is 5.32 Å². The summed E-state index contributed by atoms with van der Waals surface area (Å²) in [4.78, 5) is 21.5. The zero-order chi connectivity index (χ0) is 10.7. The Kier molecular flexibility index (Phi) is 3.24. The van der Waals surface area contributed by atoms with Crippen LogP contribution in [0.1, 0.15) is 13.8 Å². The Labute approximate surface area is 81.7 Å². The number of aliphatic hydroxyl groups excluding tert-OH is 1. The number of rotatable bonds is 2. The molecule has 0 aromatic carbocycles. The Balaban J connectivity index is 2.60. The molecule has 1 aliphatic rings. The molecular weight excluding hydrogens is 186 g/mol. The van der Waals surface area contributed by atoms with Gasteiger partial charge >= 0.3 is 5.97 Å². The standard InChI is InChI=1S/C9H13NO4/c1-5(11)10-9-7(13)3-4-8(9)14-6(2)12/h3-4,7-9,13H,1-2H3,(H,10,11)/t7-,8-,9-/m0/s1. The molecule has 0 aliphatic heterocycles. The van der Waals surface area contributed by atoms with Crippen molar-refractivity contribution in [1.82, 2.24) is 5.32 Å². The van der Waals surface area contributed by atoms with Gasteiger partial charge in [-0.2, -0.15) is 0 Å². The van der Waals surface area contributed by atoms with Gasteiger partial charge in [0.15, 0.2) is 0 Å². The van der Waals surface area contributed by atoms with Gasteiger partial charge in [-0.25, -0.2) is 0 Å². The molecule has 14 heavy (non-hydrogen) atoms. The van der Waals surface area contributed by atoms with Crippen LogP contribution in [-0.2, 0) is 14.3 Å². The number of ether oxygens (including phenoxy) is 1. The average Bonchev–Trinajstić information content (AvgIpc) is 2.34. The van der Waals surface area contributed by atoms with Gasteiger partial charge in [-0.15, -0.1) is 0 Å². The molecule has 0 radical (unpaired) electrons. The summed E-state index contributed by atoms with van der Waals surface area (Å²) < 4.78 is 4.89. The second kappa shape index (κ2) is 4.23. The van der Waals surface area contributed by atoms with E-state index in [2.05, 4.69) is 5.32 Å². The van der Waals surface area contributed by atoms with Gasteiger partial charge in [-0.3, -0.25) is 9.59 Å². The molecule has 5 heteroatoms. The second-order valence-electron chi connectivity index (χ2n) is 3.18. The predicted octanol–water partition coefficient (Wildman–Crippen LogP) is -0.647. The van der Waals surface area contributed by atoms with Gasteiger partial charge < -0.3 is 15.2 Å². The summed E-state index contributed by atoms with van der Waals surface area (Å²) in [6.07, 6.45) is 1.68. The van der Waals surface area contributed by atoms with Crippen molar-refractivity contribution in [2.75, 3.05) is 0 Å². The highest BCUT2D eigenvalue weighted by molar-refractivity contribution is 5.73. The minimum absolute atomic E-state index is 0.269. The number of aliphatic hydroxyl groups is 1. The Morgan fingerprint density at radius 3 is 2.50 bits per heavy atom. The highest BCUT2D eigenvalue weighted by atomic mass is 16.5. The smallest absolute Gasteiger partial charge is 0.303 e. The maximum atomic E-state index is 10.8. The fourth-order valence-electron chi connectivity index (χ4n) is 1.36. The number of esters is 1. The number of nitrogens with one attached hydrogen (secondary N) is 1. The van der Waals surface area contributed by atoms with Gasteiger partial charge in [0.25, 0.3) is 0 Å². The lowest BCUT2D eigenvalue weighted by molar-refractivity contribution is -0.146. The van der Waals surface area contributed by atoms with E-state index in [1.165, 1.54) is 19.9 Å². The number of amides is 1. The average molecular weight is 199 g/mol. The lowest BCUT2D eigenvalue weighted by Crippen LogP contribution is -2.47. The van der Waals surface area contributed by atoms with Crippen LogP contribution in [-0.4, -0.2) is 35.2 Å². The zero-order valence-electron chi connectivity index (χ0n) is 8.06. The van der Waals surface area contributed by atoms with Gasteiger partial charge in [0, 0.05) is 13.8 Å². The van der Waals surface area contributed by atoms with Crippen molar-refractivity contribution in [3.63, 3.8) is 0 Å². The monoisotopic (exact) mass is 199 g/mol. The third-order valence-electron chi connectivity index (χ3n) is 1.89. The Morgan fingerprint density at radius 2 is 2.00 bits per heavy atom. The van der Waals surface area contributed by atoms with Crippen LogP contribution in [0.3, 0.4) is 0 Å². The van der Waals surface area contributed by atoms with E-state index in [1.807, 2.05) is 0 Å². The fourth-order valence-corrected chi connectivity index (χ4v) is 1.36. The van der Waals surface area contributed by atoms with Gasteiger partial charge in [-0.05, 0) is 6.08 Å². The molecule has 0 unspecified atom stereocenters. The van der Waals surface area contributed by atoms with Crippen LogP contribution in [0.5, 0.6) is 0 Å². The summed E-state index contributed by atoms with van der Waals surface area (Å²) in [5.74, 6) is -0.709. The molecule has 0 bridgehead atoms. The lowest BCUT2D eigenvalue weighted by Gasteiger charge is -2.22. The molecule has 2 N–H and O–H groups in total. The van der Waals surface area contributed by atoms with Crippen LogP contribution in [0.15, 0.2) is 12.2 Å². The molecule has 1 rings (SSSR count). The first-order valence-corrected chi connectivity index (χ1v) is 4.31. The number of carbonyl (C=O) groups excluding carboxylic acids is 2. The van der Waals surface area contributed by atoms with E-state index in [4.69, 9.17) is 4.74 Å². The van der Waals surface area contributed by atoms with Crippen LogP contribution in [0, 0.1) is 0 Å². The summed E-state index contributed by atoms with van der Waals surface area (Å²) in [5.41, 5.74) is 0. The van der Waals surface area contributed by atoms with Crippen molar-refractivity contribution in [1.29, 1.82) is 0 Å². The fraction of sp³-hybridized carbons (Fsp3) is 0.556. The molecule has 1 aliphatic carbocycles. The maximum Gasteiger partial charge on any atom is 0.303 e. The molecule has 0 saturated heterocycles. The van der Waals surface area contributed by atoms with Crippen molar-refractivity contribution in [2.24, 2.45) is 0 Å². The first-order valence-electron chi connectivity index (χ1n) is 4.31. The molecule has 0 saturated carbocycles. The van der Waals surface area contributed by atoms with Crippen LogP contribution in [0.25, 0.3) is 0 Å². The van der Waals surface area contributed by atoms with E-state index < -0.39 is 24.2 Å². The molecule has 78 valence electrons. The number of hydrogen-bond acceptors (Lipinski definition) is 4. The first-order chi connectivity index (χ1) is 6.50. The van der Waals surface area contributed by atoms with E-state index in [1.54, 1.807) is 6.08 Å². The third-order valence-corrected chi connectivity index (χ3v) is 1.89. The van der Waals surface area contributed by atoms with Crippen molar-refractivity contribution in [3.8, 4) is 0 Å². The normalized spacial score (nSPS) is 30.1. The van der Waals surface area contributed by atoms with Gasteiger partial charge in [0.05, 0.1) is 12.1 Å². The number of carbonyl (C=O) groups is 2. The highest BCUT2D eigenvalue weighted by Gasteiger charge is 2.33. The van der Waals surface area contributed by atoms with Crippen molar-refractivity contribution in [3.05, 3.63) is 12.2 Å². The van der Waals surface area contributed by atoms with E-state index >= 15 is 0 Å². The Morgan fingerprint density at radius 1 is 1.36 bits per heavy atom. The maximum absolute atomic E-state index is 10.8. The van der Waals surface area contributed by atoms with Crippen molar-refractivity contribution >= 4 is 11.9 Å². The zero-order valence-corrected chi connectivity index (χ0v) is 8.06. The van der Waals surface area contributed by atoms with Gasteiger partial charge in [-0.1, -0.05) is 6.08 Å². The van der Waals surface area contributed by atoms with Crippen LogP contribution in [0.4, 0.5) is 0 Å². The topological polar surface area (TPSA) is 75.6 Å². The summed E-state index contributed by atoms with van der Waals surface area (Å²) in [6.45, 7) is 2.62. The number of hydrogen-bond donors (Lipinski definition) is 2. The molecule has 0 fully saturated rings. The highest BCUT2D eigenvalue weighted by Crippen LogP contribution is 2.15. The minimum atomic E-state index is -0.803. The quantitative estimate of drug-likeness (QED) is 0.458. The molecule has 3 atom stereocenters. The molecule has 0 aromatic heterocycles. The minimum Gasteiger partial charge on any atom is -0.456 e. The summed E-state index contributed by atoms with van der Waals surface area (Å²) in [5, 5.41) is 11.9. The molecule has 0 heterocycles. The molecule has 0 aromatic rings. The Bertz CT molecular complexity index is 274. The van der Waals surface area contributed by atoms with E-state index in [0.29, 0.717) is 0 Å². The van der Waals surface area contributed by atoms with Crippen molar-refractivity contribution in [2.45, 2.75) is 32.1 Å². The summed E-state index contributed by atoms with van der Waals surface area (Å²) in [6, 6.07) is -0.573. The van der Waals surface area contributed by atoms with Crippen LogP contribution >= 0.6 is 0 Å². The van der Waals surface area contributed by atoms with Gasteiger partial charge in [0.2, 0.25) is 5.91 Å². The molecule has 1 amide bonds. The van der Waals surface area contributed by atoms with Crippen LogP contribution in [0.2, 0.25) is 0 Å².